The summed E-state index contributed by atoms with van der Waals surface area (Å²) >= 11 is 0. The molecule has 20 heavy (non-hydrogen) atoms. The number of hydrogen-bond donors (Lipinski definition) is 2. The summed E-state index contributed by atoms with van der Waals surface area (Å²) in [7, 11) is 0. The molecule has 2 aromatic rings. The number of nitro groups is 1. The standard InChI is InChI=1S/C12H9FN4O3/c13-7-1-2-11(10(5-7)17(18)19)20-8-3-4-16-9(6-8)12(14)15/h1-6H,(H3,14,15). The minimum atomic E-state index is -0.745. The number of nitrogens with one attached hydrogen (secondary N) is 1. The van der Waals surface area contributed by atoms with Gasteiger partial charge in [-0.25, -0.2) is 4.39 Å². The largest absolute Gasteiger partial charge is 0.450 e. The predicted molar refractivity (Wildman–Crippen MR) is 68.4 cm³/mol. The molecule has 1 aromatic heterocycles. The van der Waals surface area contributed by atoms with Crippen molar-refractivity contribution in [2.75, 3.05) is 0 Å². The lowest BCUT2D eigenvalue weighted by Crippen LogP contribution is -2.12. The fraction of sp³-hybridized carbons (Fsp3) is 0. The highest BCUT2D eigenvalue weighted by Crippen LogP contribution is 2.31. The van der Waals surface area contributed by atoms with Gasteiger partial charge >= 0.3 is 5.69 Å². The van der Waals surface area contributed by atoms with E-state index < -0.39 is 16.4 Å². The highest BCUT2D eigenvalue weighted by Gasteiger charge is 2.17. The Morgan fingerprint density at radius 2 is 2.15 bits per heavy atom. The number of pyridine rings is 1. The second kappa shape index (κ2) is 5.31. The minimum absolute atomic E-state index is 0.114. The first-order valence-electron chi connectivity index (χ1n) is 5.39. The molecule has 0 spiro atoms. The number of rotatable bonds is 4. The number of nitro benzene ring substituents is 1. The van der Waals surface area contributed by atoms with E-state index in [-0.39, 0.29) is 23.0 Å². The van der Waals surface area contributed by atoms with Crippen LogP contribution in [0.25, 0.3) is 0 Å². The van der Waals surface area contributed by atoms with E-state index in [9.17, 15) is 14.5 Å². The van der Waals surface area contributed by atoms with Crippen LogP contribution in [0.2, 0.25) is 0 Å². The first kappa shape index (κ1) is 13.4. The van der Waals surface area contributed by atoms with E-state index in [4.69, 9.17) is 15.9 Å². The van der Waals surface area contributed by atoms with Gasteiger partial charge in [-0.2, -0.15) is 0 Å². The molecular weight excluding hydrogens is 267 g/mol. The lowest BCUT2D eigenvalue weighted by Gasteiger charge is -2.07. The van der Waals surface area contributed by atoms with Gasteiger partial charge in [0.25, 0.3) is 0 Å². The average Bonchev–Trinajstić information content (AvgIpc) is 2.41. The fourth-order valence-electron chi connectivity index (χ4n) is 1.47. The molecule has 2 rings (SSSR count). The molecule has 7 nitrogen and oxygen atoms in total. The number of halogens is 1. The van der Waals surface area contributed by atoms with Crippen LogP contribution in [0.5, 0.6) is 11.5 Å². The molecule has 0 atom stereocenters. The topological polar surface area (TPSA) is 115 Å². The lowest BCUT2D eigenvalue weighted by molar-refractivity contribution is -0.385. The number of nitrogens with zero attached hydrogens (tertiary/aromatic N) is 2. The summed E-state index contributed by atoms with van der Waals surface area (Å²) < 4.78 is 18.3. The van der Waals surface area contributed by atoms with Gasteiger partial charge in [0.15, 0.2) is 0 Å². The minimum Gasteiger partial charge on any atom is -0.450 e. The normalized spacial score (nSPS) is 10.1. The molecule has 1 aromatic carbocycles. The Labute approximate surface area is 112 Å². The van der Waals surface area contributed by atoms with E-state index in [2.05, 4.69) is 4.98 Å². The van der Waals surface area contributed by atoms with Crippen LogP contribution >= 0.6 is 0 Å². The Morgan fingerprint density at radius 1 is 1.40 bits per heavy atom. The number of amidine groups is 1. The number of nitrogens with two attached hydrogens (primary N) is 1. The van der Waals surface area contributed by atoms with Gasteiger partial charge in [-0.05, 0) is 18.2 Å². The van der Waals surface area contributed by atoms with Gasteiger partial charge in [0.1, 0.15) is 23.1 Å². The maximum absolute atomic E-state index is 13.0. The van der Waals surface area contributed by atoms with E-state index in [0.717, 1.165) is 18.2 Å². The predicted octanol–water partition coefficient (Wildman–Crippen LogP) is 2.21. The van der Waals surface area contributed by atoms with Gasteiger partial charge in [0.05, 0.1) is 11.0 Å². The van der Waals surface area contributed by atoms with E-state index >= 15 is 0 Å². The molecule has 1 heterocycles. The first-order chi connectivity index (χ1) is 9.47. The molecule has 0 fully saturated rings. The number of aromatic nitrogens is 1. The molecule has 3 N–H and O–H groups in total. The van der Waals surface area contributed by atoms with Gasteiger partial charge in [-0.15, -0.1) is 0 Å². The third kappa shape index (κ3) is 2.86. The molecule has 0 saturated heterocycles. The summed E-state index contributed by atoms with van der Waals surface area (Å²) in [6.45, 7) is 0. The summed E-state index contributed by atoms with van der Waals surface area (Å²) in [6.07, 6.45) is 1.35. The Balaban J connectivity index is 2.37. The van der Waals surface area contributed by atoms with Gasteiger partial charge in [-0.3, -0.25) is 20.5 Å². The summed E-state index contributed by atoms with van der Waals surface area (Å²) in [5.41, 5.74) is 4.96. The van der Waals surface area contributed by atoms with Gasteiger partial charge in [-0.1, -0.05) is 0 Å². The Bertz CT molecular complexity index is 690. The summed E-state index contributed by atoms with van der Waals surface area (Å²) in [4.78, 5) is 13.9. The Kier molecular flexibility index (Phi) is 3.56. The second-order valence-electron chi connectivity index (χ2n) is 3.76. The van der Waals surface area contributed by atoms with Crippen molar-refractivity contribution >= 4 is 11.5 Å². The van der Waals surface area contributed by atoms with Crippen molar-refractivity contribution in [2.45, 2.75) is 0 Å². The number of benzene rings is 1. The zero-order valence-corrected chi connectivity index (χ0v) is 10.0. The molecule has 0 aliphatic heterocycles. The highest BCUT2D eigenvalue weighted by molar-refractivity contribution is 5.93. The number of ether oxygens (including phenoxy) is 1. The molecule has 0 amide bonds. The van der Waals surface area contributed by atoms with Crippen LogP contribution in [0.4, 0.5) is 10.1 Å². The van der Waals surface area contributed by atoms with Crippen molar-refractivity contribution in [3.05, 3.63) is 58.2 Å². The van der Waals surface area contributed by atoms with Gasteiger partial charge < -0.3 is 10.5 Å². The molecule has 0 unspecified atom stereocenters. The number of nitrogen functional groups attached to an aromatic ring is 1. The zero-order chi connectivity index (χ0) is 14.7. The Hall–Kier alpha value is -3.03. The van der Waals surface area contributed by atoms with E-state index in [1.807, 2.05) is 0 Å². The lowest BCUT2D eigenvalue weighted by atomic mass is 10.3. The van der Waals surface area contributed by atoms with Crippen molar-refractivity contribution in [2.24, 2.45) is 5.73 Å². The van der Waals surface area contributed by atoms with E-state index in [0.29, 0.717) is 0 Å². The molecule has 102 valence electrons. The van der Waals surface area contributed by atoms with Crippen LogP contribution in [0.15, 0.2) is 36.5 Å². The van der Waals surface area contributed by atoms with Crippen molar-refractivity contribution in [1.82, 2.24) is 4.98 Å². The van der Waals surface area contributed by atoms with Crippen molar-refractivity contribution in [3.63, 3.8) is 0 Å². The second-order valence-corrected chi connectivity index (χ2v) is 3.76. The van der Waals surface area contributed by atoms with Crippen LogP contribution in [0, 0.1) is 21.3 Å². The van der Waals surface area contributed by atoms with Crippen LogP contribution in [-0.2, 0) is 0 Å². The van der Waals surface area contributed by atoms with Crippen molar-refractivity contribution in [3.8, 4) is 11.5 Å². The van der Waals surface area contributed by atoms with Crippen molar-refractivity contribution in [1.29, 1.82) is 5.41 Å². The SMILES string of the molecule is N=C(N)c1cc(Oc2ccc(F)cc2[N+](=O)[O-])ccn1. The summed E-state index contributed by atoms with van der Waals surface area (Å²) in [5.74, 6) is -0.899. The quantitative estimate of drug-likeness (QED) is 0.384. The smallest absolute Gasteiger partial charge is 0.314 e. The summed E-state index contributed by atoms with van der Waals surface area (Å²) in [5, 5.41) is 18.1. The third-order valence-corrected chi connectivity index (χ3v) is 2.35. The fourth-order valence-corrected chi connectivity index (χ4v) is 1.47. The first-order valence-corrected chi connectivity index (χ1v) is 5.39. The monoisotopic (exact) mass is 276 g/mol. The van der Waals surface area contributed by atoms with E-state index in [1.165, 1.54) is 18.3 Å². The molecule has 0 aliphatic carbocycles. The van der Waals surface area contributed by atoms with Crippen LogP contribution in [0.3, 0.4) is 0 Å². The zero-order valence-electron chi connectivity index (χ0n) is 10.0. The van der Waals surface area contributed by atoms with Crippen LogP contribution < -0.4 is 10.5 Å². The highest BCUT2D eigenvalue weighted by atomic mass is 19.1. The molecule has 0 saturated carbocycles. The van der Waals surface area contributed by atoms with Crippen LogP contribution in [0.1, 0.15) is 5.69 Å². The van der Waals surface area contributed by atoms with Crippen LogP contribution in [-0.4, -0.2) is 15.7 Å². The summed E-state index contributed by atoms with van der Waals surface area (Å²) in [6, 6.07) is 5.77. The number of hydrogen-bond acceptors (Lipinski definition) is 5. The molecule has 0 aliphatic rings. The van der Waals surface area contributed by atoms with Gasteiger partial charge in [0.2, 0.25) is 5.75 Å². The average molecular weight is 276 g/mol. The molecule has 8 heteroatoms. The third-order valence-electron chi connectivity index (χ3n) is 2.35. The van der Waals surface area contributed by atoms with E-state index in [1.54, 1.807) is 0 Å². The molecule has 0 bridgehead atoms. The maximum Gasteiger partial charge on any atom is 0.314 e. The van der Waals surface area contributed by atoms with Crippen molar-refractivity contribution < 1.29 is 14.1 Å². The van der Waals surface area contributed by atoms with Gasteiger partial charge in [0, 0.05) is 12.3 Å². The molecular formula is C12H9FN4O3. The molecule has 0 radical (unpaired) electrons. The Morgan fingerprint density at radius 3 is 2.80 bits per heavy atom. The maximum atomic E-state index is 13.0.